The molecule has 0 heterocycles. The standard InChI is InChI=1S/C35H36BrClN4O7S/c1-23(2)38-35(43)32(18-25-8-6-5-7-9-25)39(21-26-11-13-27(36)14-12-26)34(42)22-40(31-19-28(37)15-17-33(31)48-4)49(46,47)29-16-10-24(3)30(20-29)41(44)45/h5-17,19-20,23,32H,18,21-22H2,1-4H3,(H,38,43)/t32-/m1/s1. The number of rotatable bonds is 14. The molecule has 4 aromatic carbocycles. The molecular formula is C35H36BrClN4O7S. The van der Waals surface area contributed by atoms with Crippen LogP contribution in [0.2, 0.25) is 5.02 Å². The van der Waals surface area contributed by atoms with E-state index in [-0.39, 0.29) is 41.0 Å². The molecule has 4 rings (SSSR count). The minimum Gasteiger partial charge on any atom is -0.495 e. The summed E-state index contributed by atoms with van der Waals surface area (Å²) in [5, 5.41) is 14.8. The van der Waals surface area contributed by atoms with Crippen molar-refractivity contribution in [2.24, 2.45) is 0 Å². The van der Waals surface area contributed by atoms with E-state index < -0.39 is 49.9 Å². The molecule has 0 aliphatic carbocycles. The fourth-order valence-corrected chi connectivity index (χ4v) is 7.03. The molecule has 14 heteroatoms. The van der Waals surface area contributed by atoms with Crippen LogP contribution in [0.25, 0.3) is 0 Å². The number of hydrogen-bond acceptors (Lipinski definition) is 7. The van der Waals surface area contributed by atoms with Crippen molar-refractivity contribution in [3.05, 3.63) is 127 Å². The number of halogens is 2. The third kappa shape index (κ3) is 9.37. The summed E-state index contributed by atoms with van der Waals surface area (Å²) >= 11 is 9.75. The molecule has 0 fully saturated rings. The zero-order chi connectivity index (χ0) is 35.9. The van der Waals surface area contributed by atoms with Gasteiger partial charge in [-0.1, -0.05) is 76.1 Å². The molecule has 49 heavy (non-hydrogen) atoms. The van der Waals surface area contributed by atoms with Gasteiger partial charge in [-0.05, 0) is 68.3 Å². The Balaban J connectivity index is 1.89. The van der Waals surface area contributed by atoms with Crippen molar-refractivity contribution in [1.29, 1.82) is 0 Å². The zero-order valence-corrected chi connectivity index (χ0v) is 30.5. The number of nitrogens with zero attached hydrogens (tertiary/aromatic N) is 3. The lowest BCUT2D eigenvalue weighted by Gasteiger charge is -2.34. The summed E-state index contributed by atoms with van der Waals surface area (Å²) in [7, 11) is -3.34. The van der Waals surface area contributed by atoms with Crippen LogP contribution in [0.15, 0.2) is 100 Å². The first-order valence-electron chi connectivity index (χ1n) is 15.2. The molecule has 11 nitrogen and oxygen atoms in total. The van der Waals surface area contributed by atoms with E-state index in [0.29, 0.717) is 5.56 Å². The number of nitro benzene ring substituents is 1. The number of ether oxygens (including phenoxy) is 1. The second-order valence-electron chi connectivity index (χ2n) is 11.6. The fraction of sp³-hybridized carbons (Fsp3) is 0.257. The van der Waals surface area contributed by atoms with Gasteiger partial charge in [0.25, 0.3) is 15.7 Å². The van der Waals surface area contributed by atoms with Crippen molar-refractivity contribution in [1.82, 2.24) is 10.2 Å². The van der Waals surface area contributed by atoms with Gasteiger partial charge in [-0.3, -0.25) is 24.0 Å². The third-order valence-corrected chi connectivity index (χ3v) is 10.1. The lowest BCUT2D eigenvalue weighted by atomic mass is 10.0. The monoisotopic (exact) mass is 770 g/mol. The van der Waals surface area contributed by atoms with Crippen LogP contribution in [0.5, 0.6) is 5.75 Å². The average molecular weight is 772 g/mol. The second kappa shape index (κ2) is 16.3. The largest absolute Gasteiger partial charge is 0.495 e. The van der Waals surface area contributed by atoms with Crippen molar-refractivity contribution < 1.29 is 27.7 Å². The Morgan fingerprint density at radius 1 is 0.980 bits per heavy atom. The maximum absolute atomic E-state index is 14.7. The van der Waals surface area contributed by atoms with Gasteiger partial charge >= 0.3 is 0 Å². The number of methoxy groups -OCH3 is 1. The molecule has 1 atom stereocenters. The summed E-state index contributed by atoms with van der Waals surface area (Å²) in [6.45, 7) is 4.27. The van der Waals surface area contributed by atoms with Gasteiger partial charge in [-0.15, -0.1) is 0 Å². The number of nitrogens with one attached hydrogen (secondary N) is 1. The molecule has 0 saturated carbocycles. The van der Waals surface area contributed by atoms with Gasteiger partial charge in [0.2, 0.25) is 11.8 Å². The van der Waals surface area contributed by atoms with Crippen molar-refractivity contribution in [3.63, 3.8) is 0 Å². The van der Waals surface area contributed by atoms with E-state index in [1.54, 1.807) is 38.1 Å². The van der Waals surface area contributed by atoms with Crippen molar-refractivity contribution in [2.45, 2.75) is 50.7 Å². The highest BCUT2D eigenvalue weighted by atomic mass is 79.9. The van der Waals surface area contributed by atoms with Gasteiger partial charge in [0.15, 0.2) is 0 Å². The van der Waals surface area contributed by atoms with Gasteiger partial charge in [0.05, 0.1) is 22.6 Å². The first-order chi connectivity index (χ1) is 23.2. The first kappa shape index (κ1) is 37.4. The van der Waals surface area contributed by atoms with E-state index in [0.717, 1.165) is 20.4 Å². The van der Waals surface area contributed by atoms with Gasteiger partial charge in [0.1, 0.15) is 18.3 Å². The van der Waals surface area contributed by atoms with E-state index in [1.165, 1.54) is 49.3 Å². The molecule has 0 aliphatic rings. The van der Waals surface area contributed by atoms with Crippen LogP contribution >= 0.6 is 27.5 Å². The predicted octanol–water partition coefficient (Wildman–Crippen LogP) is 6.69. The summed E-state index contributed by atoms with van der Waals surface area (Å²) < 4.78 is 36.0. The van der Waals surface area contributed by atoms with Crippen LogP contribution < -0.4 is 14.4 Å². The van der Waals surface area contributed by atoms with Crippen LogP contribution in [0, 0.1) is 17.0 Å². The minimum absolute atomic E-state index is 0.0360. The lowest BCUT2D eigenvalue weighted by Crippen LogP contribution is -2.54. The Kier molecular flexibility index (Phi) is 12.4. The molecule has 0 unspecified atom stereocenters. The van der Waals surface area contributed by atoms with E-state index in [1.807, 2.05) is 30.3 Å². The molecular weight excluding hydrogens is 736 g/mol. The van der Waals surface area contributed by atoms with Crippen LogP contribution in [-0.2, 0) is 32.6 Å². The fourth-order valence-electron chi connectivity index (χ4n) is 5.17. The summed E-state index contributed by atoms with van der Waals surface area (Å²) in [4.78, 5) is 40.5. The Bertz CT molecular complexity index is 1930. The number of carbonyl (C=O) groups excluding carboxylic acids is 2. The van der Waals surface area contributed by atoms with Gasteiger partial charge in [0, 0.05) is 40.1 Å². The Morgan fingerprint density at radius 3 is 2.27 bits per heavy atom. The molecule has 258 valence electrons. The SMILES string of the molecule is COc1ccc(Cl)cc1N(CC(=O)N(Cc1ccc(Br)cc1)[C@H](Cc1ccccc1)C(=O)NC(C)C)S(=O)(=O)c1ccc(C)c([N+](=O)[O-])c1. The second-order valence-corrected chi connectivity index (χ2v) is 14.8. The number of amides is 2. The highest BCUT2D eigenvalue weighted by Gasteiger charge is 2.36. The predicted molar refractivity (Wildman–Crippen MR) is 192 cm³/mol. The van der Waals surface area contributed by atoms with Crippen molar-refractivity contribution in [2.75, 3.05) is 18.0 Å². The lowest BCUT2D eigenvalue weighted by molar-refractivity contribution is -0.385. The third-order valence-electron chi connectivity index (χ3n) is 7.62. The average Bonchev–Trinajstić information content (AvgIpc) is 3.06. The Labute approximate surface area is 299 Å². The number of nitro groups is 1. The topological polar surface area (TPSA) is 139 Å². The van der Waals surface area contributed by atoms with Crippen molar-refractivity contribution >= 4 is 60.7 Å². The molecule has 0 saturated heterocycles. The summed E-state index contributed by atoms with van der Waals surface area (Å²) in [5.41, 5.74) is 1.26. The molecule has 2 amide bonds. The summed E-state index contributed by atoms with van der Waals surface area (Å²) in [6.07, 6.45) is 0.138. The summed E-state index contributed by atoms with van der Waals surface area (Å²) in [6, 6.07) is 22.9. The number of carbonyl (C=O) groups is 2. The van der Waals surface area contributed by atoms with E-state index in [2.05, 4.69) is 21.2 Å². The zero-order valence-electron chi connectivity index (χ0n) is 27.3. The summed E-state index contributed by atoms with van der Waals surface area (Å²) in [5.74, 6) is -1.05. The molecule has 4 aromatic rings. The van der Waals surface area contributed by atoms with Crippen LogP contribution in [0.3, 0.4) is 0 Å². The van der Waals surface area contributed by atoms with E-state index in [9.17, 15) is 28.1 Å². The van der Waals surface area contributed by atoms with Gasteiger partial charge in [-0.25, -0.2) is 8.42 Å². The smallest absolute Gasteiger partial charge is 0.273 e. The Hall–Kier alpha value is -4.46. The maximum Gasteiger partial charge on any atom is 0.273 e. The maximum atomic E-state index is 14.7. The number of anilines is 1. The van der Waals surface area contributed by atoms with Crippen LogP contribution in [0.1, 0.15) is 30.5 Å². The van der Waals surface area contributed by atoms with Crippen LogP contribution in [0.4, 0.5) is 11.4 Å². The molecule has 0 aromatic heterocycles. The molecule has 0 spiro atoms. The van der Waals surface area contributed by atoms with Gasteiger partial charge < -0.3 is 15.0 Å². The van der Waals surface area contributed by atoms with Crippen LogP contribution in [-0.4, -0.2) is 55.8 Å². The molecule has 0 bridgehead atoms. The quantitative estimate of drug-likeness (QED) is 0.111. The van der Waals surface area contributed by atoms with Crippen molar-refractivity contribution in [3.8, 4) is 5.75 Å². The number of aryl methyl sites for hydroxylation is 1. The number of sulfonamides is 1. The Morgan fingerprint density at radius 2 is 1.65 bits per heavy atom. The van der Waals surface area contributed by atoms with E-state index in [4.69, 9.17) is 16.3 Å². The number of benzene rings is 4. The van der Waals surface area contributed by atoms with Gasteiger partial charge in [-0.2, -0.15) is 0 Å². The highest BCUT2D eigenvalue weighted by molar-refractivity contribution is 9.10. The first-order valence-corrected chi connectivity index (χ1v) is 17.8. The van der Waals surface area contributed by atoms with E-state index >= 15 is 0 Å². The normalized spacial score (nSPS) is 11.9. The highest BCUT2D eigenvalue weighted by Crippen LogP contribution is 2.36. The molecule has 0 aliphatic heterocycles. The number of hydrogen-bond donors (Lipinski definition) is 1. The minimum atomic E-state index is -4.67. The molecule has 1 N–H and O–H groups in total. The molecule has 0 radical (unpaired) electrons.